The van der Waals surface area contributed by atoms with E-state index < -0.39 is 0 Å². The predicted molar refractivity (Wildman–Crippen MR) is 93.4 cm³/mol. The molecule has 23 heavy (non-hydrogen) atoms. The summed E-state index contributed by atoms with van der Waals surface area (Å²) in [6.07, 6.45) is 0.647. The van der Waals surface area contributed by atoms with Gasteiger partial charge in [0, 0.05) is 18.0 Å². The summed E-state index contributed by atoms with van der Waals surface area (Å²) in [6.45, 7) is 6.03. The maximum Gasteiger partial charge on any atom is 0.270 e. The number of hydrazine groups is 1. The van der Waals surface area contributed by atoms with Crippen LogP contribution in [0.15, 0.2) is 60.7 Å². The standard InChI is InChI=1S/C20H22N2O/c1-20(2,3)22(16-10-13-17-11-6-4-7-12-17)21-19(23)18-14-8-5-9-15-18/h4-9,11-12,14-15H,13H2,1-3H3,(H,21,23). The van der Waals surface area contributed by atoms with Crippen molar-refractivity contribution in [3.63, 3.8) is 0 Å². The van der Waals surface area contributed by atoms with Crippen LogP contribution in [0.2, 0.25) is 0 Å². The Morgan fingerprint density at radius 1 is 1.00 bits per heavy atom. The Balaban J connectivity index is 2.08. The highest BCUT2D eigenvalue weighted by Crippen LogP contribution is 2.10. The Bertz CT molecular complexity index is 691. The fourth-order valence-corrected chi connectivity index (χ4v) is 1.94. The van der Waals surface area contributed by atoms with E-state index in [-0.39, 0.29) is 11.4 Å². The van der Waals surface area contributed by atoms with Gasteiger partial charge in [-0.3, -0.25) is 10.2 Å². The minimum atomic E-state index is -0.297. The van der Waals surface area contributed by atoms with Crippen LogP contribution in [0, 0.1) is 12.0 Å². The van der Waals surface area contributed by atoms with Gasteiger partial charge in [0.1, 0.15) is 0 Å². The molecule has 0 saturated carbocycles. The van der Waals surface area contributed by atoms with E-state index in [0.717, 1.165) is 5.56 Å². The van der Waals surface area contributed by atoms with Gasteiger partial charge < -0.3 is 0 Å². The van der Waals surface area contributed by atoms with Crippen LogP contribution in [0.1, 0.15) is 36.7 Å². The number of amides is 1. The molecule has 2 aromatic carbocycles. The third-order valence-corrected chi connectivity index (χ3v) is 3.25. The van der Waals surface area contributed by atoms with Gasteiger partial charge in [0.15, 0.2) is 0 Å². The summed E-state index contributed by atoms with van der Waals surface area (Å²) in [4.78, 5) is 12.3. The van der Waals surface area contributed by atoms with Crippen molar-refractivity contribution in [2.75, 3.05) is 0 Å². The molecule has 0 aliphatic heterocycles. The molecule has 0 heterocycles. The van der Waals surface area contributed by atoms with Gasteiger partial charge in [0.25, 0.3) is 5.91 Å². The molecule has 0 radical (unpaired) electrons. The summed E-state index contributed by atoms with van der Waals surface area (Å²) in [7, 11) is 0. The fourth-order valence-electron chi connectivity index (χ4n) is 1.94. The zero-order chi connectivity index (χ0) is 16.7. The second kappa shape index (κ2) is 7.51. The number of nitrogens with one attached hydrogen (secondary N) is 1. The van der Waals surface area contributed by atoms with Gasteiger partial charge in [0.2, 0.25) is 0 Å². The molecule has 1 amide bonds. The molecule has 2 rings (SSSR count). The maximum absolute atomic E-state index is 12.3. The van der Waals surface area contributed by atoms with Crippen molar-refractivity contribution in [3.05, 3.63) is 71.8 Å². The Morgan fingerprint density at radius 2 is 1.57 bits per heavy atom. The van der Waals surface area contributed by atoms with E-state index in [9.17, 15) is 4.79 Å². The quantitative estimate of drug-likeness (QED) is 0.533. The van der Waals surface area contributed by atoms with Crippen molar-refractivity contribution >= 4 is 5.91 Å². The summed E-state index contributed by atoms with van der Waals surface area (Å²) in [5.41, 5.74) is 4.36. The van der Waals surface area contributed by atoms with E-state index >= 15 is 0 Å². The number of hydrogen-bond donors (Lipinski definition) is 1. The molecule has 0 saturated heterocycles. The van der Waals surface area contributed by atoms with Crippen molar-refractivity contribution in [1.82, 2.24) is 10.4 Å². The molecule has 0 unspecified atom stereocenters. The largest absolute Gasteiger partial charge is 0.270 e. The zero-order valence-corrected chi connectivity index (χ0v) is 13.8. The monoisotopic (exact) mass is 306 g/mol. The molecule has 0 fully saturated rings. The second-order valence-corrected chi connectivity index (χ2v) is 6.26. The number of carbonyl (C=O) groups is 1. The molecule has 1 N–H and O–H groups in total. The van der Waals surface area contributed by atoms with Crippen molar-refractivity contribution in [2.24, 2.45) is 0 Å². The summed E-state index contributed by atoms with van der Waals surface area (Å²) in [5, 5.41) is 1.67. The lowest BCUT2D eigenvalue weighted by molar-refractivity contribution is 0.0748. The molecular weight excluding hydrogens is 284 g/mol. The molecule has 118 valence electrons. The normalized spacial score (nSPS) is 10.4. The average Bonchev–Trinajstić information content (AvgIpc) is 2.54. The smallest absolute Gasteiger partial charge is 0.267 e. The number of nitrogens with zero attached hydrogens (tertiary/aromatic N) is 1. The van der Waals surface area contributed by atoms with Crippen LogP contribution in [0.25, 0.3) is 0 Å². The first kappa shape index (κ1) is 16.6. The average molecular weight is 306 g/mol. The van der Waals surface area contributed by atoms with Crippen LogP contribution in [0.5, 0.6) is 0 Å². The highest BCUT2D eigenvalue weighted by Gasteiger charge is 2.21. The van der Waals surface area contributed by atoms with Crippen molar-refractivity contribution in [2.45, 2.75) is 32.7 Å². The highest BCUT2D eigenvalue weighted by molar-refractivity contribution is 5.93. The lowest BCUT2D eigenvalue weighted by atomic mass is 10.1. The molecule has 3 nitrogen and oxygen atoms in total. The first-order valence-electron chi connectivity index (χ1n) is 7.65. The third-order valence-electron chi connectivity index (χ3n) is 3.25. The van der Waals surface area contributed by atoms with Crippen LogP contribution >= 0.6 is 0 Å². The maximum atomic E-state index is 12.3. The number of rotatable bonds is 3. The minimum absolute atomic E-state index is 0.158. The van der Waals surface area contributed by atoms with Gasteiger partial charge >= 0.3 is 0 Å². The van der Waals surface area contributed by atoms with Gasteiger partial charge in [-0.2, -0.15) is 0 Å². The Hall–Kier alpha value is -2.73. The first-order chi connectivity index (χ1) is 11.0. The van der Waals surface area contributed by atoms with E-state index in [2.05, 4.69) is 17.4 Å². The molecule has 0 atom stereocenters. The van der Waals surface area contributed by atoms with E-state index in [1.807, 2.05) is 69.3 Å². The van der Waals surface area contributed by atoms with Gasteiger partial charge in [0.05, 0.1) is 5.54 Å². The topological polar surface area (TPSA) is 32.3 Å². The second-order valence-electron chi connectivity index (χ2n) is 6.26. The number of hydrogen-bond acceptors (Lipinski definition) is 2. The molecular formula is C20H22N2O. The summed E-state index contributed by atoms with van der Waals surface area (Å²) < 4.78 is 0. The Morgan fingerprint density at radius 3 is 2.13 bits per heavy atom. The van der Waals surface area contributed by atoms with Gasteiger partial charge in [-0.1, -0.05) is 54.5 Å². The molecule has 3 heteroatoms. The highest BCUT2D eigenvalue weighted by atomic mass is 16.2. The minimum Gasteiger partial charge on any atom is -0.267 e. The van der Waals surface area contributed by atoms with Crippen LogP contribution in [0.4, 0.5) is 0 Å². The van der Waals surface area contributed by atoms with Crippen LogP contribution in [-0.4, -0.2) is 16.5 Å². The summed E-state index contributed by atoms with van der Waals surface area (Å²) >= 11 is 0. The zero-order valence-electron chi connectivity index (χ0n) is 13.8. The van der Waals surface area contributed by atoms with E-state index in [1.165, 1.54) is 0 Å². The molecule has 0 spiro atoms. The van der Waals surface area contributed by atoms with Crippen molar-refractivity contribution in [3.8, 4) is 12.0 Å². The van der Waals surface area contributed by atoms with Crippen LogP contribution in [0.3, 0.4) is 0 Å². The van der Waals surface area contributed by atoms with E-state index in [1.54, 1.807) is 17.1 Å². The lowest BCUT2D eigenvalue weighted by Gasteiger charge is -2.32. The Labute approximate surface area is 138 Å². The molecule has 2 aromatic rings. The van der Waals surface area contributed by atoms with E-state index in [0.29, 0.717) is 12.0 Å². The van der Waals surface area contributed by atoms with Crippen molar-refractivity contribution in [1.29, 1.82) is 0 Å². The van der Waals surface area contributed by atoms with Crippen LogP contribution in [-0.2, 0) is 6.42 Å². The van der Waals surface area contributed by atoms with Gasteiger partial charge in [-0.25, -0.2) is 5.01 Å². The molecule has 0 aliphatic carbocycles. The van der Waals surface area contributed by atoms with Crippen molar-refractivity contribution < 1.29 is 4.79 Å². The Kier molecular flexibility index (Phi) is 5.43. The lowest BCUT2D eigenvalue weighted by Crippen LogP contribution is -2.49. The van der Waals surface area contributed by atoms with Gasteiger partial charge in [-0.05, 0) is 38.5 Å². The predicted octanol–water partition coefficient (Wildman–Crippen LogP) is 3.64. The summed E-state index contributed by atoms with van der Waals surface area (Å²) in [5.74, 6) is 2.97. The van der Waals surface area contributed by atoms with Gasteiger partial charge in [-0.15, -0.1) is 0 Å². The third kappa shape index (κ3) is 5.19. The SMILES string of the molecule is CC(C)(C)N(C#CCc1ccccc1)NC(=O)c1ccccc1. The molecule has 0 aromatic heterocycles. The molecule has 0 bridgehead atoms. The molecule has 0 aliphatic rings. The van der Waals surface area contributed by atoms with Crippen LogP contribution < -0.4 is 5.43 Å². The summed E-state index contributed by atoms with van der Waals surface area (Å²) in [6, 6.07) is 22.3. The first-order valence-corrected chi connectivity index (χ1v) is 7.65. The fraction of sp³-hybridized carbons (Fsp3) is 0.250. The number of benzene rings is 2. The number of carbonyl (C=O) groups excluding carboxylic acids is 1. The van der Waals surface area contributed by atoms with E-state index in [4.69, 9.17) is 0 Å².